The number of terminal acetylenes is 1. The zero-order valence-electron chi connectivity index (χ0n) is 16.1. The Morgan fingerprint density at radius 3 is 2.82 bits per heavy atom. The molecule has 0 unspecified atom stereocenters. The third kappa shape index (κ3) is 4.35. The molecule has 3 rings (SSSR count). The van der Waals surface area contributed by atoms with Crippen LogP contribution in [0.3, 0.4) is 0 Å². The van der Waals surface area contributed by atoms with Crippen molar-refractivity contribution in [3.63, 3.8) is 0 Å². The topological polar surface area (TPSA) is 62.1 Å². The molecule has 0 heterocycles. The Hall–Kier alpha value is -3.24. The maximum atomic E-state index is 12.8. The van der Waals surface area contributed by atoms with E-state index in [1.165, 1.54) is 6.42 Å². The van der Waals surface area contributed by atoms with Gasteiger partial charge in [0.05, 0.1) is 0 Å². The third-order valence-electron chi connectivity index (χ3n) is 5.32. The van der Waals surface area contributed by atoms with E-state index in [0.29, 0.717) is 17.2 Å². The van der Waals surface area contributed by atoms with Crippen molar-refractivity contribution in [1.29, 1.82) is 5.26 Å². The number of carbonyl (C=O) groups excluding carboxylic acids is 1. The SMILES string of the molecule is C#CCOc1ccc2ccccc2c1/C=C(\C#N)C(=O)N[C@@H]1CCCC[C@@H]1C. The van der Waals surface area contributed by atoms with Crippen molar-refractivity contribution in [2.24, 2.45) is 5.92 Å². The van der Waals surface area contributed by atoms with Crippen LogP contribution in [-0.4, -0.2) is 18.6 Å². The van der Waals surface area contributed by atoms with Crippen molar-refractivity contribution in [3.05, 3.63) is 47.5 Å². The van der Waals surface area contributed by atoms with Gasteiger partial charge in [0.15, 0.2) is 0 Å². The second-order valence-electron chi connectivity index (χ2n) is 7.20. The van der Waals surface area contributed by atoms with E-state index in [0.717, 1.165) is 30.0 Å². The van der Waals surface area contributed by atoms with Crippen molar-refractivity contribution in [3.8, 4) is 24.2 Å². The molecular formula is C24H24N2O2. The molecule has 1 aliphatic carbocycles. The van der Waals surface area contributed by atoms with Crippen LogP contribution < -0.4 is 10.1 Å². The fourth-order valence-electron chi connectivity index (χ4n) is 3.74. The summed E-state index contributed by atoms with van der Waals surface area (Å²) in [5.41, 5.74) is 0.761. The van der Waals surface area contributed by atoms with E-state index < -0.39 is 0 Å². The highest BCUT2D eigenvalue weighted by molar-refractivity contribution is 6.05. The van der Waals surface area contributed by atoms with Crippen LogP contribution in [0.5, 0.6) is 5.75 Å². The molecule has 0 aromatic heterocycles. The van der Waals surface area contributed by atoms with Gasteiger partial charge in [0.2, 0.25) is 0 Å². The minimum atomic E-state index is -0.336. The van der Waals surface area contributed by atoms with Crippen molar-refractivity contribution in [1.82, 2.24) is 5.32 Å². The second-order valence-corrected chi connectivity index (χ2v) is 7.20. The van der Waals surface area contributed by atoms with Crippen LogP contribution in [0.4, 0.5) is 0 Å². The summed E-state index contributed by atoms with van der Waals surface area (Å²) in [6, 6.07) is 13.7. The largest absolute Gasteiger partial charge is 0.480 e. The molecule has 1 aliphatic rings. The zero-order valence-corrected chi connectivity index (χ0v) is 16.1. The summed E-state index contributed by atoms with van der Waals surface area (Å²) in [6.07, 6.45) is 11.3. The van der Waals surface area contributed by atoms with E-state index in [9.17, 15) is 10.1 Å². The molecule has 4 heteroatoms. The Morgan fingerprint density at radius 2 is 2.07 bits per heavy atom. The van der Waals surface area contributed by atoms with Crippen molar-refractivity contribution < 1.29 is 9.53 Å². The minimum Gasteiger partial charge on any atom is -0.480 e. The number of hydrogen-bond acceptors (Lipinski definition) is 3. The van der Waals surface area contributed by atoms with Gasteiger partial charge in [-0.1, -0.05) is 56.0 Å². The first-order chi connectivity index (χ1) is 13.6. The van der Waals surface area contributed by atoms with Crippen LogP contribution in [0.1, 0.15) is 38.2 Å². The summed E-state index contributed by atoms with van der Waals surface area (Å²) < 4.78 is 5.66. The van der Waals surface area contributed by atoms with Gasteiger partial charge in [-0.3, -0.25) is 4.79 Å². The molecule has 0 radical (unpaired) electrons. The van der Waals surface area contributed by atoms with E-state index in [2.05, 4.69) is 24.2 Å². The van der Waals surface area contributed by atoms with Gasteiger partial charge >= 0.3 is 0 Å². The first-order valence-electron chi connectivity index (χ1n) is 9.64. The molecule has 4 nitrogen and oxygen atoms in total. The van der Waals surface area contributed by atoms with Gasteiger partial charge in [0.25, 0.3) is 5.91 Å². The molecule has 0 bridgehead atoms. The lowest BCUT2D eigenvalue weighted by Crippen LogP contribution is -2.41. The monoisotopic (exact) mass is 372 g/mol. The van der Waals surface area contributed by atoms with Crippen LogP contribution in [0.2, 0.25) is 0 Å². The smallest absolute Gasteiger partial charge is 0.262 e. The maximum Gasteiger partial charge on any atom is 0.262 e. The lowest BCUT2D eigenvalue weighted by Gasteiger charge is -2.29. The number of carbonyl (C=O) groups is 1. The Morgan fingerprint density at radius 1 is 1.29 bits per heavy atom. The van der Waals surface area contributed by atoms with Gasteiger partial charge in [-0.25, -0.2) is 0 Å². The number of ether oxygens (including phenoxy) is 1. The summed E-state index contributed by atoms with van der Waals surface area (Å²) >= 11 is 0. The van der Waals surface area contributed by atoms with Crippen molar-refractivity contribution in [2.45, 2.75) is 38.6 Å². The number of rotatable bonds is 5. The summed E-state index contributed by atoms with van der Waals surface area (Å²) in [5, 5.41) is 14.6. The van der Waals surface area contributed by atoms with Gasteiger partial charge in [-0.15, -0.1) is 6.42 Å². The van der Waals surface area contributed by atoms with E-state index in [-0.39, 0.29) is 24.1 Å². The second kappa shape index (κ2) is 9.11. The molecule has 2 aromatic carbocycles. The van der Waals surface area contributed by atoms with E-state index in [1.807, 2.05) is 36.4 Å². The average molecular weight is 372 g/mol. The van der Waals surface area contributed by atoms with Crippen LogP contribution in [0.15, 0.2) is 42.0 Å². The molecule has 0 saturated heterocycles. The lowest BCUT2D eigenvalue weighted by molar-refractivity contribution is -0.118. The highest BCUT2D eigenvalue weighted by atomic mass is 16.5. The predicted molar refractivity (Wildman–Crippen MR) is 111 cm³/mol. The zero-order chi connectivity index (χ0) is 19.9. The summed E-state index contributed by atoms with van der Waals surface area (Å²) in [7, 11) is 0. The fourth-order valence-corrected chi connectivity index (χ4v) is 3.74. The van der Waals surface area contributed by atoms with Gasteiger partial charge < -0.3 is 10.1 Å². The number of nitrogens with zero attached hydrogens (tertiary/aromatic N) is 1. The van der Waals surface area contributed by atoms with Gasteiger partial charge in [0, 0.05) is 11.6 Å². The number of nitriles is 1. The standard InChI is InChI=1S/C24H24N2O2/c1-3-14-28-23-13-12-18-9-5-6-10-20(18)21(23)15-19(16-25)24(27)26-22-11-7-4-8-17(22)2/h1,5-6,9-10,12-13,15,17,22H,4,7-8,11,14H2,2H3,(H,26,27)/b19-15+/t17-,22+/m0/s1. The van der Waals surface area contributed by atoms with Crippen molar-refractivity contribution >= 4 is 22.8 Å². The molecule has 2 atom stereocenters. The minimum absolute atomic E-state index is 0.0692. The van der Waals surface area contributed by atoms with Crippen LogP contribution in [-0.2, 0) is 4.79 Å². The normalized spacial score (nSPS) is 19.5. The first-order valence-corrected chi connectivity index (χ1v) is 9.64. The molecule has 1 amide bonds. The summed E-state index contributed by atoms with van der Waals surface area (Å²) in [5.74, 6) is 3.10. The Balaban J connectivity index is 1.96. The fraction of sp³-hybridized carbons (Fsp3) is 0.333. The highest BCUT2D eigenvalue weighted by Crippen LogP contribution is 2.30. The quantitative estimate of drug-likeness (QED) is 0.479. The highest BCUT2D eigenvalue weighted by Gasteiger charge is 2.24. The molecule has 2 aromatic rings. The van der Waals surface area contributed by atoms with Crippen molar-refractivity contribution in [2.75, 3.05) is 6.61 Å². The number of fused-ring (bicyclic) bond motifs is 1. The molecule has 0 spiro atoms. The summed E-state index contributed by atoms with van der Waals surface area (Å²) in [4.78, 5) is 12.8. The van der Waals surface area contributed by atoms with Crippen LogP contribution >= 0.6 is 0 Å². The molecular weight excluding hydrogens is 348 g/mol. The number of nitrogens with one attached hydrogen (secondary N) is 1. The molecule has 1 fully saturated rings. The van der Waals surface area contributed by atoms with Gasteiger partial charge in [0.1, 0.15) is 24.0 Å². The summed E-state index contributed by atoms with van der Waals surface area (Å²) in [6.45, 7) is 2.27. The molecule has 1 saturated carbocycles. The van der Waals surface area contributed by atoms with Crippen LogP contribution in [0.25, 0.3) is 16.8 Å². The number of amides is 1. The Kier molecular flexibility index (Phi) is 6.35. The predicted octanol–water partition coefficient (Wildman–Crippen LogP) is 4.45. The lowest BCUT2D eigenvalue weighted by atomic mass is 9.86. The Labute approximate surface area is 166 Å². The van der Waals surface area contributed by atoms with E-state index in [4.69, 9.17) is 11.2 Å². The van der Waals surface area contributed by atoms with Gasteiger partial charge in [-0.05, 0) is 41.7 Å². The maximum absolute atomic E-state index is 12.8. The first kappa shape index (κ1) is 19.5. The number of benzene rings is 2. The van der Waals surface area contributed by atoms with Gasteiger partial charge in [-0.2, -0.15) is 5.26 Å². The molecule has 28 heavy (non-hydrogen) atoms. The van der Waals surface area contributed by atoms with E-state index in [1.54, 1.807) is 6.08 Å². The average Bonchev–Trinajstić information content (AvgIpc) is 2.72. The molecule has 1 N–H and O–H groups in total. The number of hydrogen-bond donors (Lipinski definition) is 1. The molecule has 0 aliphatic heterocycles. The van der Waals surface area contributed by atoms with Crippen LogP contribution in [0, 0.1) is 29.6 Å². The molecule has 142 valence electrons. The third-order valence-corrected chi connectivity index (χ3v) is 5.32. The Bertz CT molecular complexity index is 978. The van der Waals surface area contributed by atoms with E-state index >= 15 is 0 Å².